The molecule has 2 N–H and O–H groups in total. The van der Waals surface area contributed by atoms with Gasteiger partial charge in [-0.05, 0) is 49.3 Å². The van der Waals surface area contributed by atoms with Gasteiger partial charge in [-0.3, -0.25) is 4.79 Å². The highest BCUT2D eigenvalue weighted by Gasteiger charge is 2.42. The van der Waals surface area contributed by atoms with Gasteiger partial charge in [0, 0.05) is 0 Å². The van der Waals surface area contributed by atoms with Crippen LogP contribution in [0.1, 0.15) is 44.6 Å². The van der Waals surface area contributed by atoms with E-state index in [1.54, 1.807) is 12.1 Å². The molecule has 2 rings (SSSR count). The van der Waals surface area contributed by atoms with E-state index >= 15 is 0 Å². The fourth-order valence-electron chi connectivity index (χ4n) is 3.70. The Kier molecular flexibility index (Phi) is 6.93. The van der Waals surface area contributed by atoms with E-state index in [0.717, 1.165) is 19.3 Å². The topological polar surface area (TPSA) is 94.1 Å². The van der Waals surface area contributed by atoms with E-state index in [1.165, 1.54) is 21.3 Å². The first-order valence-corrected chi connectivity index (χ1v) is 9.22. The summed E-state index contributed by atoms with van der Waals surface area (Å²) in [7, 11) is 4.52. The lowest BCUT2D eigenvalue weighted by Gasteiger charge is -2.37. The van der Waals surface area contributed by atoms with Crippen LogP contribution in [0.5, 0.6) is 17.2 Å². The van der Waals surface area contributed by atoms with Crippen molar-refractivity contribution >= 4 is 11.9 Å². The van der Waals surface area contributed by atoms with Gasteiger partial charge >= 0.3 is 5.97 Å². The van der Waals surface area contributed by atoms with E-state index in [4.69, 9.17) is 14.2 Å². The number of carboxylic acid groups (broad SMARTS) is 1. The van der Waals surface area contributed by atoms with Crippen molar-refractivity contribution < 1.29 is 28.9 Å². The molecule has 1 aromatic carbocycles. The Morgan fingerprint density at radius 3 is 2.07 bits per heavy atom. The average molecular weight is 379 g/mol. The lowest BCUT2D eigenvalue weighted by atomic mass is 9.75. The zero-order chi connectivity index (χ0) is 20.0. The molecule has 1 saturated carbocycles. The number of carbonyl (C=O) groups excluding carboxylic acids is 1. The Morgan fingerprint density at radius 2 is 1.67 bits per heavy atom. The van der Waals surface area contributed by atoms with Gasteiger partial charge in [-0.1, -0.05) is 13.3 Å². The number of amides is 1. The molecule has 1 aliphatic carbocycles. The maximum Gasteiger partial charge on any atom is 0.329 e. The summed E-state index contributed by atoms with van der Waals surface area (Å²) in [5.41, 5.74) is -0.520. The van der Waals surface area contributed by atoms with Crippen molar-refractivity contribution in [1.29, 1.82) is 0 Å². The smallest absolute Gasteiger partial charge is 0.329 e. The molecule has 0 unspecified atom stereocenters. The van der Waals surface area contributed by atoms with Crippen LogP contribution in [-0.4, -0.2) is 43.9 Å². The average Bonchev–Trinajstić information content (AvgIpc) is 2.67. The van der Waals surface area contributed by atoms with Crippen LogP contribution in [0.3, 0.4) is 0 Å². The van der Waals surface area contributed by atoms with Gasteiger partial charge in [0.25, 0.3) is 0 Å². The van der Waals surface area contributed by atoms with Crippen molar-refractivity contribution in [3.8, 4) is 17.2 Å². The van der Waals surface area contributed by atoms with Crippen molar-refractivity contribution in [2.24, 2.45) is 5.92 Å². The van der Waals surface area contributed by atoms with E-state index in [1.807, 2.05) is 0 Å². The molecule has 1 amide bonds. The van der Waals surface area contributed by atoms with Crippen LogP contribution >= 0.6 is 0 Å². The lowest BCUT2D eigenvalue weighted by Crippen LogP contribution is -2.56. The van der Waals surface area contributed by atoms with Gasteiger partial charge in [-0.15, -0.1) is 0 Å². The summed E-state index contributed by atoms with van der Waals surface area (Å²) in [5, 5.41) is 12.5. The molecule has 0 bridgehead atoms. The summed E-state index contributed by atoms with van der Waals surface area (Å²) in [6.45, 7) is 2.11. The minimum atomic E-state index is -1.18. The molecule has 7 nitrogen and oxygen atoms in total. The fraction of sp³-hybridized carbons (Fsp3) is 0.600. The molecule has 0 aromatic heterocycles. The molecule has 0 heterocycles. The van der Waals surface area contributed by atoms with Crippen molar-refractivity contribution in [1.82, 2.24) is 5.32 Å². The molecule has 0 spiro atoms. The standard InChI is InChI=1S/C20H29NO6/c1-5-13-6-8-20(9-7-13,19(23)24)21-17(22)12-14-10-15(25-2)18(27-4)16(11-14)26-3/h10-11,13H,5-9,12H2,1-4H3,(H,21,22)(H,23,24). The Bertz CT molecular complexity index is 654. The van der Waals surface area contributed by atoms with Crippen LogP contribution < -0.4 is 19.5 Å². The van der Waals surface area contributed by atoms with Gasteiger partial charge in [0.2, 0.25) is 11.7 Å². The van der Waals surface area contributed by atoms with Crippen molar-refractivity contribution in [2.45, 2.75) is 51.0 Å². The number of carboxylic acids is 1. The molecule has 0 aliphatic heterocycles. The fourth-order valence-corrected chi connectivity index (χ4v) is 3.70. The summed E-state index contributed by atoms with van der Waals surface area (Å²) < 4.78 is 15.9. The van der Waals surface area contributed by atoms with Gasteiger partial charge in [0.05, 0.1) is 27.8 Å². The van der Waals surface area contributed by atoms with Crippen molar-refractivity contribution in [3.63, 3.8) is 0 Å². The van der Waals surface area contributed by atoms with Crippen molar-refractivity contribution in [3.05, 3.63) is 17.7 Å². The number of hydrogen-bond acceptors (Lipinski definition) is 5. The molecular formula is C20H29NO6. The molecule has 1 fully saturated rings. The Morgan fingerprint density at radius 1 is 1.11 bits per heavy atom. The lowest BCUT2D eigenvalue weighted by molar-refractivity contribution is -0.149. The molecule has 1 aromatic rings. The highest BCUT2D eigenvalue weighted by atomic mass is 16.5. The van der Waals surface area contributed by atoms with E-state index in [2.05, 4.69) is 12.2 Å². The summed E-state index contributed by atoms with van der Waals surface area (Å²) in [6, 6.07) is 3.39. The Balaban J connectivity index is 2.15. The zero-order valence-electron chi connectivity index (χ0n) is 16.5. The van der Waals surface area contributed by atoms with Crippen LogP contribution in [0, 0.1) is 5.92 Å². The first kappa shape index (κ1) is 20.9. The van der Waals surface area contributed by atoms with Gasteiger partial charge in [0.15, 0.2) is 11.5 Å². The van der Waals surface area contributed by atoms with Gasteiger partial charge < -0.3 is 24.6 Å². The Hall–Kier alpha value is -2.44. The third-order valence-corrected chi connectivity index (χ3v) is 5.41. The van der Waals surface area contributed by atoms with Gasteiger partial charge in [-0.2, -0.15) is 0 Å². The van der Waals surface area contributed by atoms with E-state index < -0.39 is 11.5 Å². The maximum absolute atomic E-state index is 12.6. The number of carbonyl (C=O) groups is 2. The number of hydrogen-bond donors (Lipinski definition) is 2. The second-order valence-corrected chi connectivity index (χ2v) is 7.00. The van der Waals surface area contributed by atoms with E-state index in [-0.39, 0.29) is 12.3 Å². The monoisotopic (exact) mass is 379 g/mol. The molecular weight excluding hydrogens is 350 g/mol. The Labute approximate surface area is 160 Å². The summed E-state index contributed by atoms with van der Waals surface area (Å²) in [4.78, 5) is 24.5. The molecule has 0 atom stereocenters. The predicted octanol–water partition coefficient (Wildman–Crippen LogP) is 2.79. The first-order valence-electron chi connectivity index (χ1n) is 9.22. The SMILES string of the molecule is CCC1CCC(NC(=O)Cc2cc(OC)c(OC)c(OC)c2)(C(=O)O)CC1. The van der Waals surface area contributed by atoms with Crippen LogP contribution in [0.4, 0.5) is 0 Å². The number of methoxy groups -OCH3 is 3. The zero-order valence-corrected chi connectivity index (χ0v) is 16.5. The quantitative estimate of drug-likeness (QED) is 0.721. The van der Waals surface area contributed by atoms with Crippen LogP contribution in [0.2, 0.25) is 0 Å². The molecule has 0 saturated heterocycles. The molecule has 7 heteroatoms. The third-order valence-electron chi connectivity index (χ3n) is 5.41. The minimum absolute atomic E-state index is 0.0307. The second kappa shape index (κ2) is 8.97. The highest BCUT2D eigenvalue weighted by Crippen LogP contribution is 2.38. The number of rotatable bonds is 8. The van der Waals surface area contributed by atoms with Crippen LogP contribution in [0.25, 0.3) is 0 Å². The number of benzene rings is 1. The number of ether oxygens (including phenoxy) is 3. The number of nitrogens with one attached hydrogen (secondary N) is 1. The normalized spacial score (nSPS) is 22.0. The molecule has 0 radical (unpaired) electrons. The maximum atomic E-state index is 12.6. The first-order chi connectivity index (χ1) is 12.9. The van der Waals surface area contributed by atoms with E-state index in [9.17, 15) is 14.7 Å². The third kappa shape index (κ3) is 4.64. The summed E-state index contributed by atoms with van der Waals surface area (Å²) in [6.07, 6.45) is 3.61. The number of aliphatic carboxylic acids is 1. The predicted molar refractivity (Wildman–Crippen MR) is 101 cm³/mol. The van der Waals surface area contributed by atoms with Crippen molar-refractivity contribution in [2.75, 3.05) is 21.3 Å². The van der Waals surface area contributed by atoms with Gasteiger partial charge in [-0.25, -0.2) is 4.79 Å². The largest absolute Gasteiger partial charge is 0.493 e. The molecule has 27 heavy (non-hydrogen) atoms. The van der Waals surface area contributed by atoms with Crippen LogP contribution in [-0.2, 0) is 16.0 Å². The van der Waals surface area contributed by atoms with Crippen LogP contribution in [0.15, 0.2) is 12.1 Å². The second-order valence-electron chi connectivity index (χ2n) is 7.00. The summed E-state index contributed by atoms with van der Waals surface area (Å²) in [5.74, 6) is 0.595. The minimum Gasteiger partial charge on any atom is -0.493 e. The highest BCUT2D eigenvalue weighted by molar-refractivity contribution is 5.88. The summed E-state index contributed by atoms with van der Waals surface area (Å²) >= 11 is 0. The molecule has 150 valence electrons. The van der Waals surface area contributed by atoms with Gasteiger partial charge in [0.1, 0.15) is 5.54 Å². The van der Waals surface area contributed by atoms with E-state index in [0.29, 0.717) is 41.6 Å². The molecule has 1 aliphatic rings.